The first-order valence-electron chi connectivity index (χ1n) is 10.5. The first-order valence-corrected chi connectivity index (χ1v) is 10.5. The molecule has 0 saturated carbocycles. The van der Waals surface area contributed by atoms with Crippen molar-refractivity contribution in [2.75, 3.05) is 6.54 Å². The number of esters is 1. The van der Waals surface area contributed by atoms with Gasteiger partial charge in [-0.1, -0.05) is 25.1 Å². The Morgan fingerprint density at radius 2 is 1.90 bits per heavy atom. The van der Waals surface area contributed by atoms with Gasteiger partial charge in [0.2, 0.25) is 5.91 Å². The number of nitrogens with one attached hydrogen (secondary N) is 4. The Morgan fingerprint density at radius 1 is 1.19 bits per heavy atom. The van der Waals surface area contributed by atoms with Crippen molar-refractivity contribution in [1.29, 1.82) is 5.41 Å². The number of aromatic nitrogens is 1. The van der Waals surface area contributed by atoms with E-state index in [4.69, 9.17) is 10.1 Å². The highest BCUT2D eigenvalue weighted by molar-refractivity contribution is 6.26. The van der Waals surface area contributed by atoms with Crippen molar-refractivity contribution in [1.82, 2.24) is 15.6 Å². The lowest BCUT2D eigenvalue weighted by Gasteiger charge is -2.26. The van der Waals surface area contributed by atoms with E-state index in [2.05, 4.69) is 15.6 Å². The molecule has 8 heteroatoms. The van der Waals surface area contributed by atoms with Crippen LogP contribution >= 0.6 is 0 Å². The van der Waals surface area contributed by atoms with Crippen molar-refractivity contribution in [2.45, 2.75) is 64.6 Å². The van der Waals surface area contributed by atoms with E-state index in [1.54, 1.807) is 20.8 Å². The monoisotopic (exact) mass is 428 g/mol. The summed E-state index contributed by atoms with van der Waals surface area (Å²) in [6.45, 7) is 7.70. The lowest BCUT2D eigenvalue weighted by atomic mass is 10.0. The highest BCUT2D eigenvalue weighted by atomic mass is 16.6. The van der Waals surface area contributed by atoms with Gasteiger partial charge in [-0.15, -0.1) is 0 Å². The van der Waals surface area contributed by atoms with Crippen LogP contribution < -0.4 is 10.6 Å². The molecule has 31 heavy (non-hydrogen) atoms. The van der Waals surface area contributed by atoms with Crippen molar-refractivity contribution in [3.05, 3.63) is 36.0 Å². The van der Waals surface area contributed by atoms with Crippen molar-refractivity contribution in [3.8, 4) is 0 Å². The number of amides is 1. The number of rotatable bonds is 11. The molecule has 0 aliphatic carbocycles. The summed E-state index contributed by atoms with van der Waals surface area (Å²) >= 11 is 0. The van der Waals surface area contributed by atoms with Gasteiger partial charge in [0.05, 0.1) is 12.3 Å². The summed E-state index contributed by atoms with van der Waals surface area (Å²) in [5, 5.41) is 14.0. The van der Waals surface area contributed by atoms with Gasteiger partial charge in [0.15, 0.2) is 5.78 Å². The zero-order chi connectivity index (χ0) is 23.0. The van der Waals surface area contributed by atoms with E-state index in [9.17, 15) is 14.4 Å². The first kappa shape index (κ1) is 24.3. The quantitative estimate of drug-likeness (QED) is 0.323. The molecule has 0 radical (unpaired) electrons. The molecule has 0 spiro atoms. The molecular weight excluding hydrogens is 396 g/mol. The van der Waals surface area contributed by atoms with Gasteiger partial charge in [0.1, 0.15) is 11.6 Å². The van der Waals surface area contributed by atoms with E-state index in [1.807, 2.05) is 37.4 Å². The molecule has 1 aromatic carbocycles. The molecule has 2 atom stereocenters. The van der Waals surface area contributed by atoms with Crippen LogP contribution in [0.4, 0.5) is 0 Å². The van der Waals surface area contributed by atoms with Crippen LogP contribution in [-0.4, -0.2) is 53.1 Å². The van der Waals surface area contributed by atoms with E-state index in [0.29, 0.717) is 19.2 Å². The number of fused-ring (bicyclic) bond motifs is 1. The third-order valence-electron chi connectivity index (χ3n) is 4.71. The van der Waals surface area contributed by atoms with Crippen LogP contribution in [0, 0.1) is 5.41 Å². The van der Waals surface area contributed by atoms with Crippen LogP contribution in [0.3, 0.4) is 0 Å². The Hall–Kier alpha value is -3.00. The molecule has 0 unspecified atom stereocenters. The van der Waals surface area contributed by atoms with E-state index >= 15 is 0 Å². The van der Waals surface area contributed by atoms with Gasteiger partial charge in [0.25, 0.3) is 0 Å². The number of ketones is 1. The SMILES string of the molecule is CCN[C@@H](Cc1c[nH]c2ccccc12)C(=O)N[C@@H](CCC(=O)C=N)C(=O)OC(C)(C)C. The average Bonchev–Trinajstić information content (AvgIpc) is 3.12. The second kappa shape index (κ2) is 10.9. The number of H-pyrrole nitrogens is 1. The third kappa shape index (κ3) is 7.32. The first-order chi connectivity index (χ1) is 14.6. The maximum atomic E-state index is 13.1. The summed E-state index contributed by atoms with van der Waals surface area (Å²) in [5.41, 5.74) is 1.26. The van der Waals surface area contributed by atoms with Gasteiger partial charge < -0.3 is 25.8 Å². The lowest BCUT2D eigenvalue weighted by Crippen LogP contribution is -2.52. The fourth-order valence-corrected chi connectivity index (χ4v) is 3.28. The Morgan fingerprint density at radius 3 is 2.55 bits per heavy atom. The number of hydrogen-bond acceptors (Lipinski definition) is 6. The molecule has 2 aromatic rings. The molecule has 0 saturated heterocycles. The minimum Gasteiger partial charge on any atom is -0.458 e. The average molecular weight is 429 g/mol. The number of hydrogen-bond donors (Lipinski definition) is 4. The number of Topliss-reactive ketones (excluding diaryl/α,β-unsaturated/α-hetero) is 1. The maximum absolute atomic E-state index is 13.1. The summed E-state index contributed by atoms with van der Waals surface area (Å²) in [5.74, 6) is -1.35. The summed E-state index contributed by atoms with van der Waals surface area (Å²) in [4.78, 5) is 40.5. The molecule has 2 rings (SSSR count). The molecule has 4 N–H and O–H groups in total. The molecular formula is C23H32N4O4. The number of carbonyl (C=O) groups is 3. The summed E-state index contributed by atoms with van der Waals surface area (Å²) in [6.07, 6.45) is 3.08. The Kier molecular flexibility index (Phi) is 8.50. The Bertz CT molecular complexity index is 929. The van der Waals surface area contributed by atoms with Crippen LogP contribution in [0.5, 0.6) is 0 Å². The van der Waals surface area contributed by atoms with Crippen LogP contribution in [-0.2, 0) is 25.5 Å². The number of ether oxygens (including phenoxy) is 1. The van der Waals surface area contributed by atoms with Crippen LogP contribution in [0.25, 0.3) is 10.9 Å². The van der Waals surface area contributed by atoms with Gasteiger partial charge in [-0.2, -0.15) is 0 Å². The van der Waals surface area contributed by atoms with Crippen molar-refractivity contribution in [3.63, 3.8) is 0 Å². The largest absolute Gasteiger partial charge is 0.458 e. The van der Waals surface area contributed by atoms with Gasteiger partial charge >= 0.3 is 5.97 Å². The predicted octanol–water partition coefficient (Wildman–Crippen LogP) is 2.51. The van der Waals surface area contributed by atoms with Gasteiger partial charge in [0, 0.05) is 23.5 Å². The molecule has 0 bridgehead atoms. The van der Waals surface area contributed by atoms with Crippen LogP contribution in [0.15, 0.2) is 30.5 Å². The van der Waals surface area contributed by atoms with Crippen molar-refractivity contribution in [2.24, 2.45) is 0 Å². The molecule has 1 aromatic heterocycles. The Balaban J connectivity index is 2.16. The van der Waals surface area contributed by atoms with E-state index in [-0.39, 0.29) is 18.7 Å². The minimum atomic E-state index is -0.972. The van der Waals surface area contributed by atoms with Crippen molar-refractivity contribution >= 4 is 34.8 Å². The van der Waals surface area contributed by atoms with Crippen molar-refractivity contribution < 1.29 is 19.1 Å². The summed E-state index contributed by atoms with van der Waals surface area (Å²) < 4.78 is 5.42. The fourth-order valence-electron chi connectivity index (χ4n) is 3.28. The molecule has 1 amide bonds. The molecule has 0 aliphatic rings. The van der Waals surface area contributed by atoms with Gasteiger partial charge in [-0.05, 0) is 51.8 Å². The normalized spacial score (nSPS) is 13.4. The highest BCUT2D eigenvalue weighted by Gasteiger charge is 2.29. The van der Waals surface area contributed by atoms with Gasteiger partial charge in [-0.3, -0.25) is 9.59 Å². The standard InChI is InChI=1S/C23H32N4O4/c1-5-25-20(12-15-14-26-18-9-7-6-8-17(15)18)21(29)27-19(11-10-16(28)13-24)22(30)31-23(2,3)4/h6-9,13-14,19-20,24-26H,5,10-12H2,1-4H3,(H,27,29)/t19-,20-/m0/s1. The second-order valence-corrected chi connectivity index (χ2v) is 8.42. The predicted molar refractivity (Wildman–Crippen MR) is 120 cm³/mol. The van der Waals surface area contributed by atoms with Gasteiger partial charge in [-0.25, -0.2) is 4.79 Å². The zero-order valence-corrected chi connectivity index (χ0v) is 18.6. The summed E-state index contributed by atoms with van der Waals surface area (Å²) in [7, 11) is 0. The van der Waals surface area contributed by atoms with E-state index in [0.717, 1.165) is 16.5 Å². The maximum Gasteiger partial charge on any atom is 0.329 e. The minimum absolute atomic E-state index is 0.0258. The highest BCUT2D eigenvalue weighted by Crippen LogP contribution is 2.19. The third-order valence-corrected chi connectivity index (χ3v) is 4.71. The van der Waals surface area contributed by atoms with E-state index in [1.165, 1.54) is 0 Å². The molecule has 0 aliphatic heterocycles. The Labute approximate surface area is 182 Å². The van der Waals surface area contributed by atoms with E-state index < -0.39 is 29.4 Å². The zero-order valence-electron chi connectivity index (χ0n) is 18.6. The topological polar surface area (TPSA) is 124 Å². The molecule has 1 heterocycles. The number of likely N-dealkylation sites (N-methyl/N-ethyl adjacent to an activating group) is 1. The van der Waals surface area contributed by atoms with Crippen LogP contribution in [0.1, 0.15) is 46.1 Å². The number of carbonyl (C=O) groups excluding carboxylic acids is 3. The number of para-hydroxylation sites is 1. The summed E-state index contributed by atoms with van der Waals surface area (Å²) in [6, 6.07) is 6.32. The lowest BCUT2D eigenvalue weighted by molar-refractivity contribution is -0.159. The number of aromatic amines is 1. The fraction of sp³-hybridized carbons (Fsp3) is 0.478. The van der Waals surface area contributed by atoms with Crippen LogP contribution in [0.2, 0.25) is 0 Å². The smallest absolute Gasteiger partial charge is 0.329 e. The number of benzene rings is 1. The molecule has 0 fully saturated rings. The molecule has 168 valence electrons. The second-order valence-electron chi connectivity index (χ2n) is 8.42. The molecule has 8 nitrogen and oxygen atoms in total.